The van der Waals surface area contributed by atoms with Gasteiger partial charge in [-0.25, -0.2) is 0 Å². The van der Waals surface area contributed by atoms with Crippen molar-refractivity contribution in [3.8, 4) is 11.8 Å². The first kappa shape index (κ1) is 15.7. The molecule has 106 valence electrons. The van der Waals surface area contributed by atoms with E-state index in [1.807, 2.05) is 34.7 Å². The predicted molar refractivity (Wildman–Crippen MR) is 86.8 cm³/mol. The largest absolute Gasteiger partial charge is 0.480 e. The summed E-state index contributed by atoms with van der Waals surface area (Å²) < 4.78 is 6.87. The zero-order chi connectivity index (χ0) is 15.4. The highest BCUT2D eigenvalue weighted by Crippen LogP contribution is 2.34. The van der Waals surface area contributed by atoms with Crippen LogP contribution < -0.4 is 4.74 Å². The van der Waals surface area contributed by atoms with E-state index in [-0.39, 0.29) is 23.6 Å². The molecule has 0 bridgehead atoms. The van der Waals surface area contributed by atoms with Crippen molar-refractivity contribution < 1.29 is 9.66 Å². The van der Waals surface area contributed by atoms with Gasteiger partial charge in [-0.05, 0) is 56.7 Å². The van der Waals surface area contributed by atoms with Crippen molar-refractivity contribution in [2.75, 3.05) is 0 Å². The van der Waals surface area contributed by atoms with Gasteiger partial charge < -0.3 is 4.74 Å². The summed E-state index contributed by atoms with van der Waals surface area (Å²) in [4.78, 5) is 14.7. The van der Waals surface area contributed by atoms with E-state index in [2.05, 4.69) is 20.9 Å². The molecule has 0 atom stereocenters. The Hall–Kier alpha value is -1.73. The zero-order valence-corrected chi connectivity index (χ0v) is 14.2. The van der Waals surface area contributed by atoms with Crippen LogP contribution in [-0.2, 0) is 6.61 Å². The minimum absolute atomic E-state index is 0.107. The molecule has 0 aliphatic rings. The van der Waals surface area contributed by atoms with Gasteiger partial charge in [0, 0.05) is 16.7 Å². The minimum Gasteiger partial charge on any atom is -0.480 e. The minimum atomic E-state index is -0.562. The Kier molecular flexibility index (Phi) is 5.08. The third-order valence-corrected chi connectivity index (χ3v) is 3.77. The Balaban J connectivity index is 2.29. The molecule has 0 spiro atoms. The summed E-state index contributed by atoms with van der Waals surface area (Å²) in [6.07, 6.45) is 1.62. The first-order chi connectivity index (χ1) is 10.0. The van der Waals surface area contributed by atoms with Crippen LogP contribution in [0.5, 0.6) is 5.75 Å². The van der Waals surface area contributed by atoms with E-state index in [1.165, 1.54) is 12.1 Å². The molecule has 0 fully saturated rings. The van der Waals surface area contributed by atoms with Crippen LogP contribution >= 0.6 is 38.5 Å². The summed E-state index contributed by atoms with van der Waals surface area (Å²) >= 11 is 5.18. The lowest BCUT2D eigenvalue weighted by molar-refractivity contribution is -0.386. The molecule has 0 aliphatic heterocycles. The number of ether oxygens (including phenoxy) is 1. The van der Waals surface area contributed by atoms with E-state index in [4.69, 9.17) is 10.00 Å². The molecule has 0 radical (unpaired) electrons. The van der Waals surface area contributed by atoms with Crippen molar-refractivity contribution in [1.82, 2.24) is 4.98 Å². The first-order valence-corrected chi connectivity index (χ1v) is 7.49. The second-order valence-corrected chi connectivity index (χ2v) is 6.01. The van der Waals surface area contributed by atoms with Crippen molar-refractivity contribution in [2.24, 2.45) is 0 Å². The van der Waals surface area contributed by atoms with Crippen LogP contribution in [-0.4, -0.2) is 9.91 Å². The number of nitrogens with zero attached hydrogens (tertiary/aromatic N) is 3. The molecule has 1 aromatic heterocycles. The Labute approximate surface area is 142 Å². The monoisotopic (exact) mass is 459 g/mol. The normalized spacial score (nSPS) is 9.95. The standard InChI is InChI=1S/C13H7BrIN3O3/c14-9-1-2-10(17-6-9)7-21-13-11(15)3-8(5-16)4-12(13)18(19)20/h1-4,6H,7H2. The SMILES string of the molecule is N#Cc1cc(I)c(OCc2ccc(Br)cn2)c([N+](=O)[O-])c1. The summed E-state index contributed by atoms with van der Waals surface area (Å²) in [6, 6.07) is 8.19. The van der Waals surface area contributed by atoms with Crippen LogP contribution in [0, 0.1) is 25.0 Å². The van der Waals surface area contributed by atoms with Gasteiger partial charge in [-0.3, -0.25) is 15.1 Å². The van der Waals surface area contributed by atoms with Crippen molar-refractivity contribution in [2.45, 2.75) is 6.61 Å². The Morgan fingerprint density at radius 1 is 1.48 bits per heavy atom. The summed E-state index contributed by atoms with van der Waals surface area (Å²) in [7, 11) is 0. The number of halogens is 2. The van der Waals surface area contributed by atoms with Crippen LogP contribution in [0.1, 0.15) is 11.3 Å². The van der Waals surface area contributed by atoms with Crippen LogP contribution in [0.3, 0.4) is 0 Å². The lowest BCUT2D eigenvalue weighted by Crippen LogP contribution is -2.03. The van der Waals surface area contributed by atoms with E-state index in [9.17, 15) is 10.1 Å². The molecule has 1 heterocycles. The third-order valence-electron chi connectivity index (χ3n) is 2.50. The number of rotatable bonds is 4. The molecular weight excluding hydrogens is 453 g/mol. The fraction of sp³-hybridized carbons (Fsp3) is 0.0769. The van der Waals surface area contributed by atoms with E-state index in [1.54, 1.807) is 12.3 Å². The molecule has 6 nitrogen and oxygen atoms in total. The molecule has 0 amide bonds. The summed E-state index contributed by atoms with van der Waals surface area (Å²) in [5.74, 6) is 0.143. The molecule has 2 rings (SSSR count). The number of aromatic nitrogens is 1. The van der Waals surface area contributed by atoms with Gasteiger partial charge in [0.1, 0.15) is 6.61 Å². The molecule has 0 aliphatic carbocycles. The summed E-state index contributed by atoms with van der Waals surface area (Å²) in [5.41, 5.74) is 0.642. The third kappa shape index (κ3) is 3.89. The van der Waals surface area contributed by atoms with Gasteiger partial charge >= 0.3 is 5.69 Å². The number of nitriles is 1. The lowest BCUT2D eigenvalue weighted by Gasteiger charge is -2.09. The van der Waals surface area contributed by atoms with Gasteiger partial charge in [-0.2, -0.15) is 5.26 Å². The molecule has 0 saturated carbocycles. The second-order valence-electron chi connectivity index (χ2n) is 3.93. The number of pyridine rings is 1. The van der Waals surface area contributed by atoms with Crippen LogP contribution in [0.25, 0.3) is 0 Å². The second kappa shape index (κ2) is 6.82. The average molecular weight is 460 g/mol. The quantitative estimate of drug-likeness (QED) is 0.394. The van der Waals surface area contributed by atoms with Crippen molar-refractivity contribution in [3.05, 3.63) is 59.9 Å². The number of nitro benzene ring substituents is 1. The van der Waals surface area contributed by atoms with Gasteiger partial charge in [0.2, 0.25) is 5.75 Å². The van der Waals surface area contributed by atoms with E-state index in [0.717, 1.165) is 4.47 Å². The molecule has 0 N–H and O–H groups in total. The molecular formula is C13H7BrIN3O3. The number of hydrogen-bond donors (Lipinski definition) is 0. The van der Waals surface area contributed by atoms with Gasteiger partial charge in [-0.15, -0.1) is 0 Å². The summed E-state index contributed by atoms with van der Waals surface area (Å²) in [6.45, 7) is 0.107. The maximum atomic E-state index is 11.1. The van der Waals surface area contributed by atoms with E-state index in [0.29, 0.717) is 9.26 Å². The maximum Gasteiger partial charge on any atom is 0.313 e. The highest BCUT2D eigenvalue weighted by atomic mass is 127. The smallest absolute Gasteiger partial charge is 0.313 e. The highest BCUT2D eigenvalue weighted by molar-refractivity contribution is 14.1. The molecule has 0 unspecified atom stereocenters. The van der Waals surface area contributed by atoms with Crippen LogP contribution in [0.4, 0.5) is 5.69 Å². The molecule has 8 heteroatoms. The Bertz CT molecular complexity index is 729. The number of nitro groups is 1. The highest BCUT2D eigenvalue weighted by Gasteiger charge is 2.20. The van der Waals surface area contributed by atoms with Crippen LogP contribution in [0.15, 0.2) is 34.9 Å². The lowest BCUT2D eigenvalue weighted by atomic mass is 10.2. The predicted octanol–water partition coefficient (Wildman–Crippen LogP) is 3.81. The van der Waals surface area contributed by atoms with E-state index < -0.39 is 4.92 Å². The van der Waals surface area contributed by atoms with E-state index >= 15 is 0 Å². The van der Waals surface area contributed by atoms with Crippen molar-refractivity contribution >= 4 is 44.2 Å². The molecule has 1 aromatic carbocycles. The zero-order valence-electron chi connectivity index (χ0n) is 10.4. The Morgan fingerprint density at radius 2 is 2.24 bits per heavy atom. The topological polar surface area (TPSA) is 89.0 Å². The number of benzene rings is 1. The molecule has 21 heavy (non-hydrogen) atoms. The van der Waals surface area contributed by atoms with Crippen molar-refractivity contribution in [1.29, 1.82) is 5.26 Å². The van der Waals surface area contributed by atoms with Gasteiger partial charge in [0.25, 0.3) is 0 Å². The average Bonchev–Trinajstić information content (AvgIpc) is 2.46. The molecule has 0 saturated heterocycles. The van der Waals surface area contributed by atoms with Crippen LogP contribution in [0.2, 0.25) is 0 Å². The van der Waals surface area contributed by atoms with Gasteiger partial charge in [0.15, 0.2) is 0 Å². The Morgan fingerprint density at radius 3 is 2.81 bits per heavy atom. The fourth-order valence-electron chi connectivity index (χ4n) is 1.56. The maximum absolute atomic E-state index is 11.1. The first-order valence-electron chi connectivity index (χ1n) is 5.62. The fourth-order valence-corrected chi connectivity index (χ4v) is 2.56. The number of hydrogen-bond acceptors (Lipinski definition) is 5. The van der Waals surface area contributed by atoms with Gasteiger partial charge in [0.05, 0.1) is 25.8 Å². The molecule has 2 aromatic rings. The summed E-state index contributed by atoms with van der Waals surface area (Å²) in [5, 5.41) is 20.0. The van der Waals surface area contributed by atoms with Crippen molar-refractivity contribution in [3.63, 3.8) is 0 Å². The van der Waals surface area contributed by atoms with Gasteiger partial charge in [-0.1, -0.05) is 0 Å².